The third kappa shape index (κ3) is 3.97. The van der Waals surface area contributed by atoms with Crippen molar-refractivity contribution in [2.24, 2.45) is 0 Å². The van der Waals surface area contributed by atoms with Crippen LogP contribution in [0, 0.1) is 13.8 Å². The summed E-state index contributed by atoms with van der Waals surface area (Å²) in [6.07, 6.45) is 0. The number of hydrogen-bond donors (Lipinski definition) is 1. The summed E-state index contributed by atoms with van der Waals surface area (Å²) in [6, 6.07) is 15.5. The second-order valence-corrected chi connectivity index (χ2v) is 6.66. The van der Waals surface area contributed by atoms with E-state index in [-0.39, 0.29) is 12.4 Å². The van der Waals surface area contributed by atoms with Gasteiger partial charge in [0.25, 0.3) is 0 Å². The molecule has 2 nitrogen and oxygen atoms in total. The molecule has 4 heteroatoms. The van der Waals surface area contributed by atoms with E-state index in [0.29, 0.717) is 0 Å². The molecule has 2 aromatic rings. The smallest absolute Gasteiger partial charge is 0.0508 e. The number of halogens is 1. The highest BCUT2D eigenvalue weighted by Gasteiger charge is 2.14. The summed E-state index contributed by atoms with van der Waals surface area (Å²) in [4.78, 5) is 5.19. The number of para-hydroxylation sites is 1. The van der Waals surface area contributed by atoms with Crippen molar-refractivity contribution in [1.29, 1.82) is 0 Å². The summed E-state index contributed by atoms with van der Waals surface area (Å²) in [5, 5.41) is 3.42. The molecule has 0 amide bonds. The van der Waals surface area contributed by atoms with Crippen molar-refractivity contribution in [2.75, 3.05) is 31.1 Å². The fourth-order valence-electron chi connectivity index (χ4n) is 2.74. The number of rotatable bonds is 3. The van der Waals surface area contributed by atoms with E-state index in [9.17, 15) is 0 Å². The lowest BCUT2D eigenvalue weighted by Crippen LogP contribution is -2.43. The predicted octanol–water partition coefficient (Wildman–Crippen LogP) is 4.29. The van der Waals surface area contributed by atoms with E-state index in [4.69, 9.17) is 0 Å². The Hall–Kier alpha value is -1.16. The molecule has 3 rings (SSSR count). The molecule has 1 aliphatic heterocycles. The summed E-state index contributed by atoms with van der Waals surface area (Å²) in [7, 11) is 0. The lowest BCUT2D eigenvalue weighted by atomic mass is 10.2. The lowest BCUT2D eigenvalue weighted by Gasteiger charge is -2.31. The Morgan fingerprint density at radius 1 is 0.955 bits per heavy atom. The van der Waals surface area contributed by atoms with Crippen LogP contribution in [0.25, 0.3) is 0 Å². The molecule has 0 atom stereocenters. The van der Waals surface area contributed by atoms with Gasteiger partial charge in [0.15, 0.2) is 0 Å². The maximum atomic E-state index is 3.42. The van der Waals surface area contributed by atoms with E-state index in [1.807, 2.05) is 11.8 Å². The second kappa shape index (κ2) is 7.91. The van der Waals surface area contributed by atoms with Gasteiger partial charge in [0, 0.05) is 36.0 Å². The second-order valence-electron chi connectivity index (χ2n) is 5.58. The molecule has 0 bridgehead atoms. The Balaban J connectivity index is 0.00000176. The molecular formula is C18H23ClN2S. The fraction of sp³-hybridized carbons (Fsp3) is 0.333. The van der Waals surface area contributed by atoms with Crippen LogP contribution in [-0.4, -0.2) is 26.2 Å². The van der Waals surface area contributed by atoms with Gasteiger partial charge in [-0.05, 0) is 37.6 Å². The molecule has 0 radical (unpaired) electrons. The predicted molar refractivity (Wildman–Crippen MR) is 98.8 cm³/mol. The first-order chi connectivity index (χ1) is 10.2. The van der Waals surface area contributed by atoms with Gasteiger partial charge < -0.3 is 10.2 Å². The summed E-state index contributed by atoms with van der Waals surface area (Å²) in [5.74, 6) is 0. The van der Waals surface area contributed by atoms with Gasteiger partial charge in [-0.2, -0.15) is 0 Å². The number of benzene rings is 2. The molecule has 0 aliphatic carbocycles. The van der Waals surface area contributed by atoms with E-state index in [0.717, 1.165) is 26.2 Å². The van der Waals surface area contributed by atoms with Gasteiger partial charge in [-0.1, -0.05) is 41.6 Å². The van der Waals surface area contributed by atoms with E-state index >= 15 is 0 Å². The third-order valence-electron chi connectivity index (χ3n) is 3.87. The first kappa shape index (κ1) is 17.2. The van der Waals surface area contributed by atoms with Crippen molar-refractivity contribution in [3.8, 4) is 0 Å². The van der Waals surface area contributed by atoms with Crippen LogP contribution in [0.5, 0.6) is 0 Å². The largest absolute Gasteiger partial charge is 0.368 e. The molecule has 0 unspecified atom stereocenters. The minimum Gasteiger partial charge on any atom is -0.368 e. The van der Waals surface area contributed by atoms with E-state index < -0.39 is 0 Å². The average Bonchev–Trinajstić information content (AvgIpc) is 2.51. The molecule has 0 aromatic heterocycles. The Morgan fingerprint density at radius 2 is 1.68 bits per heavy atom. The number of nitrogens with zero attached hydrogens (tertiary/aromatic N) is 1. The maximum Gasteiger partial charge on any atom is 0.0508 e. The van der Waals surface area contributed by atoms with E-state index in [1.165, 1.54) is 26.6 Å². The molecule has 1 fully saturated rings. The summed E-state index contributed by atoms with van der Waals surface area (Å²) in [6.45, 7) is 8.67. The van der Waals surface area contributed by atoms with Crippen LogP contribution in [0.15, 0.2) is 52.3 Å². The van der Waals surface area contributed by atoms with Gasteiger partial charge in [0.2, 0.25) is 0 Å². The fourth-order valence-corrected chi connectivity index (χ4v) is 3.78. The Bertz CT molecular complexity index is 624. The Morgan fingerprint density at radius 3 is 2.41 bits per heavy atom. The van der Waals surface area contributed by atoms with Crippen molar-refractivity contribution < 1.29 is 0 Å². The zero-order valence-corrected chi connectivity index (χ0v) is 14.8. The Labute approximate surface area is 143 Å². The molecular weight excluding hydrogens is 312 g/mol. The average molecular weight is 335 g/mol. The zero-order chi connectivity index (χ0) is 14.7. The quantitative estimate of drug-likeness (QED) is 0.901. The molecule has 0 spiro atoms. The van der Waals surface area contributed by atoms with Gasteiger partial charge in [-0.15, -0.1) is 12.4 Å². The highest BCUT2D eigenvalue weighted by Crippen LogP contribution is 2.37. The number of aryl methyl sites for hydroxylation is 2. The van der Waals surface area contributed by atoms with Gasteiger partial charge in [0.1, 0.15) is 0 Å². The van der Waals surface area contributed by atoms with Crippen LogP contribution < -0.4 is 10.2 Å². The van der Waals surface area contributed by atoms with Crippen molar-refractivity contribution in [3.63, 3.8) is 0 Å². The van der Waals surface area contributed by atoms with Gasteiger partial charge in [-0.3, -0.25) is 0 Å². The Kier molecular flexibility index (Phi) is 6.18. The van der Waals surface area contributed by atoms with Crippen LogP contribution in [0.3, 0.4) is 0 Å². The minimum absolute atomic E-state index is 0. The normalized spacial score (nSPS) is 14.5. The minimum atomic E-state index is 0. The first-order valence-corrected chi connectivity index (χ1v) is 8.35. The van der Waals surface area contributed by atoms with E-state index in [2.05, 4.69) is 66.5 Å². The highest BCUT2D eigenvalue weighted by molar-refractivity contribution is 7.99. The van der Waals surface area contributed by atoms with Gasteiger partial charge >= 0.3 is 0 Å². The zero-order valence-electron chi connectivity index (χ0n) is 13.1. The lowest BCUT2D eigenvalue weighted by molar-refractivity contribution is 0.587. The monoisotopic (exact) mass is 334 g/mol. The van der Waals surface area contributed by atoms with Crippen molar-refractivity contribution in [1.82, 2.24) is 5.32 Å². The SMILES string of the molecule is Cc1ccc(Sc2ccccc2N2CCNCC2)c(C)c1.Cl. The van der Waals surface area contributed by atoms with Crippen LogP contribution in [0.2, 0.25) is 0 Å². The molecule has 1 heterocycles. The van der Waals surface area contributed by atoms with Gasteiger partial charge in [0.05, 0.1) is 5.69 Å². The molecule has 1 N–H and O–H groups in total. The topological polar surface area (TPSA) is 15.3 Å². The molecule has 0 saturated carbocycles. The van der Waals surface area contributed by atoms with Crippen molar-refractivity contribution in [3.05, 3.63) is 53.6 Å². The number of hydrogen-bond acceptors (Lipinski definition) is 3. The molecule has 2 aromatic carbocycles. The summed E-state index contributed by atoms with van der Waals surface area (Å²) < 4.78 is 0. The highest BCUT2D eigenvalue weighted by atomic mass is 35.5. The standard InChI is InChI=1S/C18H22N2S.ClH/c1-14-7-8-17(15(2)13-14)21-18-6-4-3-5-16(18)20-11-9-19-10-12-20;/h3-8,13,19H,9-12H2,1-2H3;1H. The number of piperazine rings is 1. The number of nitrogens with one attached hydrogen (secondary N) is 1. The van der Waals surface area contributed by atoms with Crippen molar-refractivity contribution >= 4 is 29.9 Å². The summed E-state index contributed by atoms with van der Waals surface area (Å²) in [5.41, 5.74) is 4.05. The molecule has 1 aliphatic rings. The number of anilines is 1. The van der Waals surface area contributed by atoms with Crippen LogP contribution in [0.4, 0.5) is 5.69 Å². The molecule has 22 heavy (non-hydrogen) atoms. The maximum absolute atomic E-state index is 3.42. The molecule has 1 saturated heterocycles. The van der Waals surface area contributed by atoms with Crippen LogP contribution in [0.1, 0.15) is 11.1 Å². The van der Waals surface area contributed by atoms with E-state index in [1.54, 1.807) is 0 Å². The van der Waals surface area contributed by atoms with Crippen LogP contribution in [-0.2, 0) is 0 Å². The summed E-state index contributed by atoms with van der Waals surface area (Å²) >= 11 is 1.88. The molecule has 118 valence electrons. The van der Waals surface area contributed by atoms with Gasteiger partial charge in [-0.25, -0.2) is 0 Å². The van der Waals surface area contributed by atoms with Crippen molar-refractivity contribution in [2.45, 2.75) is 23.6 Å². The van der Waals surface area contributed by atoms with Crippen LogP contribution >= 0.6 is 24.2 Å². The third-order valence-corrected chi connectivity index (χ3v) is 5.12. The first-order valence-electron chi connectivity index (χ1n) is 7.54.